The number of nitrogens with zero attached hydrogens (tertiary/aromatic N) is 1. The molecule has 0 N–H and O–H groups in total. The summed E-state index contributed by atoms with van der Waals surface area (Å²) in [5, 5.41) is 0. The van der Waals surface area contributed by atoms with E-state index in [4.69, 9.17) is 0 Å². The smallest absolute Gasteiger partial charge is 0.0449 e. The van der Waals surface area contributed by atoms with Crippen molar-refractivity contribution >= 4 is 21.6 Å². The van der Waals surface area contributed by atoms with Crippen molar-refractivity contribution in [3.05, 3.63) is 40.5 Å². The molecule has 0 saturated heterocycles. The minimum Gasteiger partial charge on any atom is -0.348 e. The maximum Gasteiger partial charge on any atom is 0.0449 e. The average Bonchev–Trinajstić information content (AvgIpc) is 2.70. The maximum atomic E-state index is 3.60. The molecule has 0 spiro atoms. The summed E-state index contributed by atoms with van der Waals surface area (Å²) in [6.45, 7) is 3.31. The minimum absolute atomic E-state index is 1.07. The molecule has 1 nitrogen and oxygen atoms in total. The summed E-state index contributed by atoms with van der Waals surface area (Å²) in [7, 11) is 0. The fourth-order valence-electron chi connectivity index (χ4n) is 1.86. The standard InChI is InChI=1S/C12H14BrN/c1-2-10-11(13)6-5-7-12(10)14-8-3-4-9-14/h3,5-8H,2,4,9H2,1H3. The zero-order chi connectivity index (χ0) is 9.97. The van der Waals surface area contributed by atoms with Gasteiger partial charge in [-0.25, -0.2) is 0 Å². The molecular weight excluding hydrogens is 238 g/mol. The third kappa shape index (κ3) is 1.71. The minimum atomic E-state index is 1.07. The van der Waals surface area contributed by atoms with Crippen LogP contribution in [0.3, 0.4) is 0 Å². The first-order valence-electron chi connectivity index (χ1n) is 5.03. The Bertz CT molecular complexity index is 357. The summed E-state index contributed by atoms with van der Waals surface area (Å²) >= 11 is 3.60. The van der Waals surface area contributed by atoms with Gasteiger partial charge in [-0.1, -0.05) is 35.0 Å². The van der Waals surface area contributed by atoms with Crippen LogP contribution in [0.5, 0.6) is 0 Å². The van der Waals surface area contributed by atoms with Gasteiger partial charge in [0.1, 0.15) is 0 Å². The van der Waals surface area contributed by atoms with Crippen LogP contribution in [0.1, 0.15) is 18.9 Å². The van der Waals surface area contributed by atoms with E-state index in [1.54, 1.807) is 0 Å². The van der Waals surface area contributed by atoms with E-state index in [9.17, 15) is 0 Å². The molecular formula is C12H14BrN. The summed E-state index contributed by atoms with van der Waals surface area (Å²) in [5.41, 5.74) is 2.75. The molecule has 0 unspecified atom stereocenters. The third-order valence-electron chi connectivity index (χ3n) is 2.58. The van der Waals surface area contributed by atoms with Gasteiger partial charge < -0.3 is 4.90 Å². The largest absolute Gasteiger partial charge is 0.348 e. The van der Waals surface area contributed by atoms with Crippen LogP contribution in [0.25, 0.3) is 0 Å². The van der Waals surface area contributed by atoms with Crippen LogP contribution >= 0.6 is 15.9 Å². The second-order valence-electron chi connectivity index (χ2n) is 3.46. The first kappa shape index (κ1) is 9.78. The number of rotatable bonds is 2. The van der Waals surface area contributed by atoms with Crippen molar-refractivity contribution in [2.24, 2.45) is 0 Å². The monoisotopic (exact) mass is 251 g/mol. The second-order valence-corrected chi connectivity index (χ2v) is 4.31. The van der Waals surface area contributed by atoms with Crippen molar-refractivity contribution in [1.29, 1.82) is 0 Å². The maximum absolute atomic E-state index is 3.60. The highest BCUT2D eigenvalue weighted by Gasteiger charge is 2.12. The Morgan fingerprint density at radius 2 is 2.29 bits per heavy atom. The Labute approximate surface area is 93.6 Å². The Morgan fingerprint density at radius 1 is 1.43 bits per heavy atom. The van der Waals surface area contributed by atoms with Crippen molar-refractivity contribution in [2.75, 3.05) is 11.4 Å². The molecule has 2 rings (SSSR count). The van der Waals surface area contributed by atoms with Crippen molar-refractivity contribution in [3.8, 4) is 0 Å². The number of halogens is 1. The van der Waals surface area contributed by atoms with E-state index in [1.807, 2.05) is 0 Å². The van der Waals surface area contributed by atoms with Gasteiger partial charge in [-0.15, -0.1) is 0 Å². The molecule has 0 bridgehead atoms. The average molecular weight is 252 g/mol. The number of anilines is 1. The fourth-order valence-corrected chi connectivity index (χ4v) is 2.49. The van der Waals surface area contributed by atoms with Gasteiger partial charge >= 0.3 is 0 Å². The van der Waals surface area contributed by atoms with Gasteiger partial charge in [0.25, 0.3) is 0 Å². The third-order valence-corrected chi connectivity index (χ3v) is 3.32. The highest BCUT2D eigenvalue weighted by atomic mass is 79.9. The van der Waals surface area contributed by atoms with E-state index in [2.05, 4.69) is 58.2 Å². The Kier molecular flexibility index (Phi) is 2.92. The summed E-state index contributed by atoms with van der Waals surface area (Å²) in [5.74, 6) is 0. The van der Waals surface area contributed by atoms with Crippen LogP contribution in [0.15, 0.2) is 34.9 Å². The van der Waals surface area contributed by atoms with Crippen LogP contribution in [0, 0.1) is 0 Å². The van der Waals surface area contributed by atoms with E-state index < -0.39 is 0 Å². The molecule has 0 amide bonds. The number of benzene rings is 1. The summed E-state index contributed by atoms with van der Waals surface area (Å²) < 4.78 is 1.22. The Hall–Kier alpha value is -0.760. The van der Waals surface area contributed by atoms with Crippen LogP contribution < -0.4 is 4.90 Å². The van der Waals surface area contributed by atoms with E-state index in [-0.39, 0.29) is 0 Å². The molecule has 1 heterocycles. The highest BCUT2D eigenvalue weighted by molar-refractivity contribution is 9.10. The molecule has 14 heavy (non-hydrogen) atoms. The zero-order valence-corrected chi connectivity index (χ0v) is 9.92. The Morgan fingerprint density at radius 3 is 2.93 bits per heavy atom. The van der Waals surface area contributed by atoms with E-state index in [0.29, 0.717) is 0 Å². The van der Waals surface area contributed by atoms with Gasteiger partial charge in [0.05, 0.1) is 0 Å². The lowest BCUT2D eigenvalue weighted by Gasteiger charge is -2.20. The lowest BCUT2D eigenvalue weighted by atomic mass is 10.1. The number of hydrogen-bond acceptors (Lipinski definition) is 1. The summed E-state index contributed by atoms with van der Waals surface area (Å²) in [6, 6.07) is 6.41. The van der Waals surface area contributed by atoms with E-state index in [1.165, 1.54) is 15.7 Å². The number of hydrogen-bond donors (Lipinski definition) is 0. The predicted molar refractivity (Wildman–Crippen MR) is 64.6 cm³/mol. The quantitative estimate of drug-likeness (QED) is 0.775. The van der Waals surface area contributed by atoms with E-state index in [0.717, 1.165) is 19.4 Å². The predicted octanol–water partition coefficient (Wildman–Crippen LogP) is 3.74. The molecule has 1 aliphatic rings. The molecule has 0 aliphatic carbocycles. The van der Waals surface area contributed by atoms with Crippen molar-refractivity contribution in [3.63, 3.8) is 0 Å². The van der Waals surface area contributed by atoms with Crippen molar-refractivity contribution in [2.45, 2.75) is 19.8 Å². The van der Waals surface area contributed by atoms with E-state index >= 15 is 0 Å². The molecule has 0 radical (unpaired) electrons. The molecule has 0 fully saturated rings. The van der Waals surface area contributed by atoms with Crippen molar-refractivity contribution in [1.82, 2.24) is 0 Å². The summed E-state index contributed by atoms with van der Waals surface area (Å²) in [4.78, 5) is 2.32. The second kappa shape index (κ2) is 4.18. The topological polar surface area (TPSA) is 3.24 Å². The van der Waals surface area contributed by atoms with Crippen LogP contribution in [-0.2, 0) is 6.42 Å². The van der Waals surface area contributed by atoms with Gasteiger partial charge in [0.15, 0.2) is 0 Å². The first-order chi connectivity index (χ1) is 6.83. The molecule has 1 aromatic rings. The molecule has 0 saturated carbocycles. The lowest BCUT2D eigenvalue weighted by molar-refractivity contribution is 0.977. The SMILES string of the molecule is CCc1c(Br)cccc1N1C=CCC1. The fraction of sp³-hybridized carbons (Fsp3) is 0.333. The van der Waals surface area contributed by atoms with Gasteiger partial charge in [0.2, 0.25) is 0 Å². The summed E-state index contributed by atoms with van der Waals surface area (Å²) in [6.07, 6.45) is 6.64. The van der Waals surface area contributed by atoms with Gasteiger partial charge in [-0.3, -0.25) is 0 Å². The Balaban J connectivity index is 2.40. The van der Waals surface area contributed by atoms with Crippen LogP contribution in [-0.4, -0.2) is 6.54 Å². The normalized spacial score (nSPS) is 15.1. The highest BCUT2D eigenvalue weighted by Crippen LogP contribution is 2.29. The molecule has 0 aromatic heterocycles. The van der Waals surface area contributed by atoms with Crippen molar-refractivity contribution < 1.29 is 0 Å². The van der Waals surface area contributed by atoms with Crippen LogP contribution in [0.2, 0.25) is 0 Å². The first-order valence-corrected chi connectivity index (χ1v) is 5.83. The van der Waals surface area contributed by atoms with Gasteiger partial charge in [-0.05, 0) is 30.5 Å². The zero-order valence-electron chi connectivity index (χ0n) is 8.33. The molecule has 0 atom stereocenters. The molecule has 74 valence electrons. The van der Waals surface area contributed by atoms with Crippen LogP contribution in [0.4, 0.5) is 5.69 Å². The van der Waals surface area contributed by atoms with Gasteiger partial charge in [0, 0.05) is 22.9 Å². The molecule has 1 aromatic carbocycles. The molecule has 2 heteroatoms. The van der Waals surface area contributed by atoms with Gasteiger partial charge in [-0.2, -0.15) is 0 Å². The molecule has 1 aliphatic heterocycles. The lowest BCUT2D eigenvalue weighted by Crippen LogP contribution is -2.14.